The van der Waals surface area contributed by atoms with E-state index in [1.54, 1.807) is 0 Å². The Morgan fingerprint density at radius 1 is 0.833 bits per heavy atom. The van der Waals surface area contributed by atoms with Crippen LogP contribution in [0.2, 0.25) is 0 Å². The molecule has 0 atom stereocenters. The molecule has 0 saturated heterocycles. The van der Waals surface area contributed by atoms with Gasteiger partial charge < -0.3 is 10.1 Å². The van der Waals surface area contributed by atoms with E-state index in [1.807, 2.05) is 0 Å². The van der Waals surface area contributed by atoms with E-state index in [1.165, 1.54) is 0 Å². The van der Waals surface area contributed by atoms with Gasteiger partial charge in [0.15, 0.2) is 0 Å². The Hall–Kier alpha value is -0.0800. The average Bonchev–Trinajstić information content (AvgIpc) is 2.07. The van der Waals surface area contributed by atoms with Crippen LogP contribution in [0.1, 0.15) is 69.2 Å². The Morgan fingerprint density at radius 3 is 1.50 bits per heavy atom. The molecule has 2 heteroatoms. The van der Waals surface area contributed by atoms with Crippen molar-refractivity contribution in [2.75, 3.05) is 0 Å². The molecule has 0 aromatic heterocycles. The summed E-state index contributed by atoms with van der Waals surface area (Å²) >= 11 is 0. The predicted molar refractivity (Wildman–Crippen MR) is 78.9 cm³/mol. The zero-order chi connectivity index (χ0) is 14.6. The third-order valence-corrected chi connectivity index (χ3v) is 3.89. The molecule has 18 heavy (non-hydrogen) atoms. The predicted octanol–water partition coefficient (Wildman–Crippen LogP) is 3.99. The summed E-state index contributed by atoms with van der Waals surface area (Å²) in [6.07, 6.45) is 0.296. The smallest absolute Gasteiger partial charge is 0.0714 e. The fourth-order valence-electron chi connectivity index (χ4n) is 3.59. The monoisotopic (exact) mass is 255 g/mol. The first-order valence-electron chi connectivity index (χ1n) is 7.13. The molecule has 0 amide bonds. The minimum absolute atomic E-state index is 0.0775. The lowest BCUT2D eigenvalue weighted by atomic mass is 9.49. The number of hydrogen-bond acceptors (Lipinski definition) is 2. The highest BCUT2D eigenvalue weighted by atomic mass is 16.5. The molecular formula is C16H33NO. The van der Waals surface area contributed by atoms with Gasteiger partial charge in [0.05, 0.1) is 11.7 Å². The van der Waals surface area contributed by atoms with Crippen LogP contribution in [0.25, 0.3) is 0 Å². The molecule has 0 bridgehead atoms. The maximum absolute atomic E-state index is 6.31. The zero-order valence-electron chi connectivity index (χ0n) is 14.1. The first-order valence-corrected chi connectivity index (χ1v) is 7.13. The lowest BCUT2D eigenvalue weighted by molar-refractivity contribution is -0.251. The standard InChI is InChI=1S/C16H33NO/c1-13(2,3)17-11-15(7,8)12(16(11,9)10)18-14(4,5)6/h11-12,17H,1-10H3/t11-,12+. The van der Waals surface area contributed by atoms with Crippen LogP contribution in [0.4, 0.5) is 0 Å². The van der Waals surface area contributed by atoms with Crippen molar-refractivity contribution in [3.63, 3.8) is 0 Å². The summed E-state index contributed by atoms with van der Waals surface area (Å²) in [6.45, 7) is 22.4. The van der Waals surface area contributed by atoms with Gasteiger partial charge in [0, 0.05) is 22.4 Å². The third kappa shape index (κ3) is 3.08. The van der Waals surface area contributed by atoms with Gasteiger partial charge >= 0.3 is 0 Å². The second-order valence-corrected chi connectivity index (χ2v) is 9.08. The van der Waals surface area contributed by atoms with Gasteiger partial charge in [-0.3, -0.25) is 0 Å². The number of hydrogen-bond donors (Lipinski definition) is 1. The van der Waals surface area contributed by atoms with Crippen molar-refractivity contribution in [1.29, 1.82) is 0 Å². The van der Waals surface area contributed by atoms with Crippen LogP contribution >= 0.6 is 0 Å². The van der Waals surface area contributed by atoms with E-state index in [0.717, 1.165) is 0 Å². The van der Waals surface area contributed by atoms with Gasteiger partial charge in [-0.15, -0.1) is 0 Å². The van der Waals surface area contributed by atoms with Gasteiger partial charge in [0.2, 0.25) is 0 Å². The summed E-state index contributed by atoms with van der Waals surface area (Å²) in [5, 5.41) is 3.77. The topological polar surface area (TPSA) is 21.3 Å². The highest BCUT2D eigenvalue weighted by Gasteiger charge is 2.63. The second kappa shape index (κ2) is 4.21. The molecule has 0 unspecified atom stereocenters. The fourth-order valence-corrected chi connectivity index (χ4v) is 3.59. The Labute approximate surface area is 114 Å². The van der Waals surface area contributed by atoms with E-state index in [4.69, 9.17) is 4.74 Å². The SMILES string of the molecule is CC(C)(C)N[C@H]1C(C)(C)[C@@H](OC(C)(C)C)C1(C)C. The molecule has 1 aliphatic carbocycles. The second-order valence-electron chi connectivity index (χ2n) is 9.08. The van der Waals surface area contributed by atoms with Crippen LogP contribution < -0.4 is 5.32 Å². The Balaban J connectivity index is 2.88. The number of nitrogens with one attached hydrogen (secondary N) is 1. The van der Waals surface area contributed by atoms with Crippen LogP contribution in [-0.4, -0.2) is 23.3 Å². The normalized spacial score (nSPS) is 31.0. The van der Waals surface area contributed by atoms with E-state index in [-0.39, 0.29) is 22.0 Å². The molecule has 0 aromatic rings. The van der Waals surface area contributed by atoms with Gasteiger partial charge in [0.1, 0.15) is 0 Å². The fraction of sp³-hybridized carbons (Fsp3) is 1.00. The molecule has 1 fully saturated rings. The first-order chi connectivity index (χ1) is 7.68. The Bertz CT molecular complexity index is 260. The van der Waals surface area contributed by atoms with Crippen molar-refractivity contribution in [3.8, 4) is 0 Å². The lowest BCUT2D eigenvalue weighted by Crippen LogP contribution is -2.75. The van der Waals surface area contributed by atoms with E-state index in [0.29, 0.717) is 12.1 Å². The van der Waals surface area contributed by atoms with Gasteiger partial charge in [-0.1, -0.05) is 27.7 Å². The molecule has 0 aliphatic heterocycles. The summed E-state index contributed by atoms with van der Waals surface area (Å²) in [5.41, 5.74) is 0.409. The molecule has 1 aliphatic rings. The van der Waals surface area contributed by atoms with Crippen molar-refractivity contribution in [2.24, 2.45) is 10.8 Å². The summed E-state index contributed by atoms with van der Waals surface area (Å²) in [6, 6.07) is 0.484. The molecule has 1 saturated carbocycles. The summed E-state index contributed by atoms with van der Waals surface area (Å²) < 4.78 is 6.31. The highest BCUT2D eigenvalue weighted by molar-refractivity contribution is 5.16. The molecule has 108 valence electrons. The van der Waals surface area contributed by atoms with Gasteiger partial charge in [-0.05, 0) is 41.5 Å². The average molecular weight is 255 g/mol. The molecule has 1 rings (SSSR count). The third-order valence-electron chi connectivity index (χ3n) is 3.89. The van der Waals surface area contributed by atoms with Gasteiger partial charge in [-0.25, -0.2) is 0 Å². The number of ether oxygens (including phenoxy) is 1. The van der Waals surface area contributed by atoms with E-state index in [9.17, 15) is 0 Å². The minimum atomic E-state index is -0.0775. The quantitative estimate of drug-likeness (QED) is 0.805. The Kier molecular flexibility index (Phi) is 3.74. The van der Waals surface area contributed by atoms with Crippen molar-refractivity contribution in [3.05, 3.63) is 0 Å². The summed E-state index contributed by atoms with van der Waals surface area (Å²) in [5.74, 6) is 0. The van der Waals surface area contributed by atoms with E-state index < -0.39 is 0 Å². The molecule has 1 N–H and O–H groups in total. The van der Waals surface area contributed by atoms with Crippen LogP contribution in [0.3, 0.4) is 0 Å². The van der Waals surface area contributed by atoms with Crippen LogP contribution in [0.15, 0.2) is 0 Å². The van der Waals surface area contributed by atoms with Crippen molar-refractivity contribution < 1.29 is 4.74 Å². The number of rotatable bonds is 2. The molecule has 2 nitrogen and oxygen atoms in total. The Morgan fingerprint density at radius 2 is 1.22 bits per heavy atom. The summed E-state index contributed by atoms with van der Waals surface area (Å²) in [4.78, 5) is 0. The molecular weight excluding hydrogens is 222 g/mol. The van der Waals surface area contributed by atoms with Gasteiger partial charge in [-0.2, -0.15) is 0 Å². The molecule has 0 aromatic carbocycles. The zero-order valence-corrected chi connectivity index (χ0v) is 14.1. The largest absolute Gasteiger partial charge is 0.371 e. The van der Waals surface area contributed by atoms with Crippen LogP contribution in [0.5, 0.6) is 0 Å². The van der Waals surface area contributed by atoms with Crippen molar-refractivity contribution >= 4 is 0 Å². The lowest BCUT2D eigenvalue weighted by Gasteiger charge is -2.66. The van der Waals surface area contributed by atoms with Crippen molar-refractivity contribution in [1.82, 2.24) is 5.32 Å². The summed E-state index contributed by atoms with van der Waals surface area (Å²) in [7, 11) is 0. The first kappa shape index (κ1) is 16.0. The highest BCUT2D eigenvalue weighted by Crippen LogP contribution is 2.56. The maximum Gasteiger partial charge on any atom is 0.0714 e. The van der Waals surface area contributed by atoms with Crippen LogP contribution in [-0.2, 0) is 4.74 Å². The van der Waals surface area contributed by atoms with E-state index >= 15 is 0 Å². The van der Waals surface area contributed by atoms with E-state index in [2.05, 4.69) is 74.6 Å². The molecule has 0 spiro atoms. The maximum atomic E-state index is 6.31. The molecule has 0 heterocycles. The van der Waals surface area contributed by atoms with Gasteiger partial charge in [0.25, 0.3) is 0 Å². The minimum Gasteiger partial charge on any atom is -0.371 e. The molecule has 0 radical (unpaired) electrons. The van der Waals surface area contributed by atoms with Crippen LogP contribution in [0, 0.1) is 10.8 Å². The van der Waals surface area contributed by atoms with Crippen molar-refractivity contribution in [2.45, 2.75) is 92.5 Å².